The van der Waals surface area contributed by atoms with Crippen LogP contribution in [0, 0.1) is 0 Å². The number of hydrogen-bond acceptors (Lipinski definition) is 4. The van der Waals surface area contributed by atoms with Crippen molar-refractivity contribution in [3.8, 4) is 17.0 Å². The average molecular weight is 260 g/mol. The Bertz CT molecular complexity index is 546. The van der Waals surface area contributed by atoms with Crippen LogP contribution in [0.4, 0.5) is 0 Å². The molecule has 3 rings (SSSR count). The highest BCUT2D eigenvalue weighted by molar-refractivity contribution is 7.10. The number of methoxy groups -OCH3 is 1. The molecule has 3 nitrogen and oxygen atoms in total. The molecular formula is C14H16N2OS. The molecule has 1 aromatic heterocycles. The van der Waals surface area contributed by atoms with E-state index >= 15 is 0 Å². The predicted octanol–water partition coefficient (Wildman–Crippen LogP) is 3.02. The number of thiazole rings is 1. The molecule has 0 aliphatic heterocycles. The van der Waals surface area contributed by atoms with Crippen molar-refractivity contribution in [2.45, 2.75) is 24.8 Å². The monoisotopic (exact) mass is 260 g/mol. The number of aromatic nitrogens is 1. The Kier molecular flexibility index (Phi) is 3.06. The number of rotatable bonds is 3. The van der Waals surface area contributed by atoms with E-state index in [9.17, 15) is 0 Å². The molecule has 1 aromatic carbocycles. The average Bonchev–Trinajstić information content (AvgIpc) is 2.84. The SMILES string of the molecule is COc1cccc(-c2csc(C3CC(N)C3)n2)c1. The molecule has 1 aliphatic carbocycles. The minimum Gasteiger partial charge on any atom is -0.497 e. The van der Waals surface area contributed by atoms with Crippen LogP contribution >= 0.6 is 11.3 Å². The van der Waals surface area contributed by atoms with Gasteiger partial charge in [-0.1, -0.05) is 12.1 Å². The van der Waals surface area contributed by atoms with E-state index in [1.165, 1.54) is 5.01 Å². The van der Waals surface area contributed by atoms with Crippen molar-refractivity contribution in [3.63, 3.8) is 0 Å². The first kappa shape index (κ1) is 11.7. The van der Waals surface area contributed by atoms with Gasteiger partial charge in [-0.3, -0.25) is 0 Å². The third kappa shape index (κ3) is 2.13. The second-order valence-corrected chi connectivity index (χ2v) is 5.62. The molecule has 0 spiro atoms. The van der Waals surface area contributed by atoms with Gasteiger partial charge in [-0.15, -0.1) is 11.3 Å². The molecule has 0 amide bonds. The zero-order valence-electron chi connectivity index (χ0n) is 10.3. The smallest absolute Gasteiger partial charge is 0.119 e. The van der Waals surface area contributed by atoms with Gasteiger partial charge in [0, 0.05) is 22.9 Å². The lowest BCUT2D eigenvalue weighted by Gasteiger charge is -2.30. The van der Waals surface area contributed by atoms with Crippen molar-refractivity contribution in [2.75, 3.05) is 7.11 Å². The van der Waals surface area contributed by atoms with Gasteiger partial charge in [-0.05, 0) is 25.0 Å². The normalized spacial score (nSPS) is 22.6. The first-order chi connectivity index (χ1) is 8.76. The molecule has 0 radical (unpaired) electrons. The molecule has 0 atom stereocenters. The van der Waals surface area contributed by atoms with E-state index in [1.807, 2.05) is 18.2 Å². The van der Waals surface area contributed by atoms with Crippen LogP contribution in [-0.2, 0) is 0 Å². The highest BCUT2D eigenvalue weighted by atomic mass is 32.1. The van der Waals surface area contributed by atoms with E-state index in [2.05, 4.69) is 11.4 Å². The lowest BCUT2D eigenvalue weighted by atomic mass is 9.81. The van der Waals surface area contributed by atoms with E-state index < -0.39 is 0 Å². The Morgan fingerprint density at radius 1 is 1.39 bits per heavy atom. The molecule has 4 heteroatoms. The van der Waals surface area contributed by atoms with Crippen molar-refractivity contribution < 1.29 is 4.74 Å². The van der Waals surface area contributed by atoms with E-state index in [0.717, 1.165) is 29.8 Å². The van der Waals surface area contributed by atoms with Crippen LogP contribution in [0.15, 0.2) is 29.6 Å². The maximum absolute atomic E-state index is 5.82. The van der Waals surface area contributed by atoms with Crippen LogP contribution in [0.5, 0.6) is 5.75 Å². The zero-order chi connectivity index (χ0) is 12.5. The van der Waals surface area contributed by atoms with Gasteiger partial charge in [0.25, 0.3) is 0 Å². The molecule has 94 valence electrons. The largest absolute Gasteiger partial charge is 0.497 e. The van der Waals surface area contributed by atoms with Crippen molar-refractivity contribution in [2.24, 2.45) is 5.73 Å². The number of ether oxygens (including phenoxy) is 1. The Hall–Kier alpha value is -1.39. The first-order valence-corrected chi connectivity index (χ1v) is 6.99. The van der Waals surface area contributed by atoms with Gasteiger partial charge in [0.2, 0.25) is 0 Å². The van der Waals surface area contributed by atoms with Gasteiger partial charge in [0.15, 0.2) is 0 Å². The molecular weight excluding hydrogens is 244 g/mol. The lowest BCUT2D eigenvalue weighted by molar-refractivity contribution is 0.351. The summed E-state index contributed by atoms with van der Waals surface area (Å²) >= 11 is 1.74. The van der Waals surface area contributed by atoms with E-state index in [-0.39, 0.29) is 0 Å². The minimum atomic E-state index is 0.374. The van der Waals surface area contributed by atoms with E-state index in [0.29, 0.717) is 12.0 Å². The lowest BCUT2D eigenvalue weighted by Crippen LogP contribution is -2.34. The summed E-state index contributed by atoms with van der Waals surface area (Å²) in [6.45, 7) is 0. The summed E-state index contributed by atoms with van der Waals surface area (Å²) in [4.78, 5) is 4.72. The van der Waals surface area contributed by atoms with Crippen molar-refractivity contribution in [1.82, 2.24) is 4.98 Å². The van der Waals surface area contributed by atoms with Gasteiger partial charge >= 0.3 is 0 Å². The quantitative estimate of drug-likeness (QED) is 0.922. The fraction of sp³-hybridized carbons (Fsp3) is 0.357. The van der Waals surface area contributed by atoms with Crippen molar-refractivity contribution in [3.05, 3.63) is 34.7 Å². The number of hydrogen-bond donors (Lipinski definition) is 1. The minimum absolute atomic E-state index is 0.374. The highest BCUT2D eigenvalue weighted by Gasteiger charge is 2.29. The Balaban J connectivity index is 1.83. The molecule has 2 N–H and O–H groups in total. The summed E-state index contributed by atoms with van der Waals surface area (Å²) in [6, 6.07) is 8.40. The molecule has 1 aliphatic rings. The topological polar surface area (TPSA) is 48.1 Å². The fourth-order valence-electron chi connectivity index (χ4n) is 2.25. The van der Waals surface area contributed by atoms with E-state index in [1.54, 1.807) is 18.4 Å². The van der Waals surface area contributed by atoms with E-state index in [4.69, 9.17) is 15.5 Å². The number of benzene rings is 1. The molecule has 18 heavy (non-hydrogen) atoms. The summed E-state index contributed by atoms with van der Waals surface area (Å²) in [5.74, 6) is 1.44. The second-order valence-electron chi connectivity index (χ2n) is 4.73. The highest BCUT2D eigenvalue weighted by Crippen LogP contribution is 2.38. The maximum Gasteiger partial charge on any atom is 0.119 e. The summed E-state index contributed by atoms with van der Waals surface area (Å²) in [6.07, 6.45) is 2.15. The number of nitrogens with zero attached hydrogens (tertiary/aromatic N) is 1. The molecule has 0 unspecified atom stereocenters. The van der Waals surface area contributed by atoms with Gasteiger partial charge in [0.05, 0.1) is 17.8 Å². The summed E-state index contributed by atoms with van der Waals surface area (Å²) in [5, 5.41) is 3.34. The Labute approximate surface area is 111 Å². The molecule has 0 saturated heterocycles. The molecule has 1 saturated carbocycles. The molecule has 1 fully saturated rings. The van der Waals surface area contributed by atoms with Gasteiger partial charge < -0.3 is 10.5 Å². The first-order valence-electron chi connectivity index (χ1n) is 6.11. The predicted molar refractivity (Wildman–Crippen MR) is 74.1 cm³/mol. The van der Waals surface area contributed by atoms with Crippen LogP contribution < -0.4 is 10.5 Å². The third-order valence-corrected chi connectivity index (χ3v) is 4.42. The van der Waals surface area contributed by atoms with Crippen molar-refractivity contribution >= 4 is 11.3 Å². The summed E-state index contributed by atoms with van der Waals surface area (Å²) in [7, 11) is 1.68. The fourth-order valence-corrected chi connectivity index (χ4v) is 3.21. The molecule has 1 heterocycles. The van der Waals surface area contributed by atoms with Crippen LogP contribution in [0.3, 0.4) is 0 Å². The standard InChI is InChI=1S/C14H16N2OS/c1-17-12-4-2-3-9(7-12)13-8-18-14(16-13)10-5-11(15)6-10/h2-4,7-8,10-11H,5-6,15H2,1H3. The van der Waals surface area contributed by atoms with Crippen LogP contribution in [0.25, 0.3) is 11.3 Å². The number of nitrogens with two attached hydrogens (primary N) is 1. The van der Waals surface area contributed by atoms with Gasteiger partial charge in [-0.25, -0.2) is 4.98 Å². The van der Waals surface area contributed by atoms with Gasteiger partial charge in [0.1, 0.15) is 5.75 Å². The zero-order valence-corrected chi connectivity index (χ0v) is 11.1. The Morgan fingerprint density at radius 3 is 2.94 bits per heavy atom. The van der Waals surface area contributed by atoms with Gasteiger partial charge in [-0.2, -0.15) is 0 Å². The molecule has 2 aromatic rings. The van der Waals surface area contributed by atoms with Crippen molar-refractivity contribution in [1.29, 1.82) is 0 Å². The summed E-state index contributed by atoms with van der Waals surface area (Å²) < 4.78 is 5.24. The van der Waals surface area contributed by atoms with Crippen LogP contribution in [-0.4, -0.2) is 18.1 Å². The Morgan fingerprint density at radius 2 is 2.22 bits per heavy atom. The summed E-state index contributed by atoms with van der Waals surface area (Å²) in [5.41, 5.74) is 7.97. The van der Waals surface area contributed by atoms with Crippen LogP contribution in [0.1, 0.15) is 23.8 Å². The molecule has 0 bridgehead atoms. The third-order valence-electron chi connectivity index (χ3n) is 3.41. The van der Waals surface area contributed by atoms with Crippen LogP contribution in [0.2, 0.25) is 0 Å². The second kappa shape index (κ2) is 4.71. The maximum atomic E-state index is 5.82.